The Balaban J connectivity index is 1.93. The summed E-state index contributed by atoms with van der Waals surface area (Å²) >= 11 is 4.41. The summed E-state index contributed by atoms with van der Waals surface area (Å²) < 4.78 is 1.42. The second kappa shape index (κ2) is 5.68. The van der Waals surface area contributed by atoms with Gasteiger partial charge in [-0.1, -0.05) is 17.7 Å². The first-order valence-corrected chi connectivity index (χ1v) is 9.06. The Hall–Kier alpha value is -0.550. The first-order valence-electron chi connectivity index (χ1n) is 7.17. The third kappa shape index (κ3) is 2.75. The summed E-state index contributed by atoms with van der Waals surface area (Å²) in [7, 11) is 0. The number of anilines is 1. The fourth-order valence-corrected chi connectivity index (χ4v) is 5.37. The molecule has 0 saturated carbocycles. The molecule has 1 aromatic heterocycles. The van der Waals surface area contributed by atoms with E-state index in [1.54, 1.807) is 4.88 Å². The molecule has 20 heavy (non-hydrogen) atoms. The van der Waals surface area contributed by atoms with Gasteiger partial charge in [0.1, 0.15) is 0 Å². The molecule has 0 radical (unpaired) electrons. The quantitative estimate of drug-likeness (QED) is 0.635. The van der Waals surface area contributed by atoms with Gasteiger partial charge in [0.15, 0.2) is 0 Å². The molecule has 0 aliphatic heterocycles. The van der Waals surface area contributed by atoms with Gasteiger partial charge in [-0.25, -0.2) is 0 Å². The minimum Gasteiger partial charge on any atom is -0.378 e. The van der Waals surface area contributed by atoms with Gasteiger partial charge in [-0.05, 0) is 85.4 Å². The second-order valence-corrected chi connectivity index (χ2v) is 8.82. The Labute approximate surface area is 138 Å². The fraction of sp³-hybridized carbons (Fsp3) is 0.412. The van der Waals surface area contributed by atoms with Crippen molar-refractivity contribution in [2.45, 2.75) is 46.1 Å². The van der Waals surface area contributed by atoms with Crippen LogP contribution in [0.25, 0.3) is 0 Å². The lowest BCUT2D eigenvalue weighted by atomic mass is 9.93. The molecule has 2 aromatic rings. The predicted octanol–water partition coefficient (Wildman–Crippen LogP) is 5.77. The zero-order valence-electron chi connectivity index (χ0n) is 12.2. The summed E-state index contributed by atoms with van der Waals surface area (Å²) in [6.45, 7) is 6.59. The Bertz CT molecular complexity index is 621. The number of hydrogen-bond donors (Lipinski definition) is 1. The van der Waals surface area contributed by atoms with Crippen molar-refractivity contribution in [3.8, 4) is 0 Å². The third-order valence-electron chi connectivity index (χ3n) is 4.08. The Morgan fingerprint density at radius 1 is 1.15 bits per heavy atom. The van der Waals surface area contributed by atoms with Crippen molar-refractivity contribution >= 4 is 39.6 Å². The Kier molecular flexibility index (Phi) is 4.09. The standard InChI is InChI=1S/C17H20INS/c1-10-7-11(2)17(12(3)8-10)19-14-5-4-6-15-13(14)9-16(18)20-15/h7-9,14,19H,4-6H2,1-3H3. The van der Waals surface area contributed by atoms with Crippen LogP contribution in [-0.2, 0) is 6.42 Å². The van der Waals surface area contributed by atoms with Gasteiger partial charge >= 0.3 is 0 Å². The van der Waals surface area contributed by atoms with Gasteiger partial charge in [0, 0.05) is 10.6 Å². The van der Waals surface area contributed by atoms with Crippen molar-refractivity contribution in [1.82, 2.24) is 0 Å². The smallest absolute Gasteiger partial charge is 0.0660 e. The van der Waals surface area contributed by atoms with E-state index in [-0.39, 0.29) is 0 Å². The van der Waals surface area contributed by atoms with E-state index in [9.17, 15) is 0 Å². The van der Waals surface area contributed by atoms with Gasteiger partial charge < -0.3 is 5.32 Å². The van der Waals surface area contributed by atoms with Crippen molar-refractivity contribution < 1.29 is 0 Å². The topological polar surface area (TPSA) is 12.0 Å². The molecule has 1 aromatic carbocycles. The maximum atomic E-state index is 3.82. The largest absolute Gasteiger partial charge is 0.378 e. The predicted molar refractivity (Wildman–Crippen MR) is 97.0 cm³/mol. The Morgan fingerprint density at radius 3 is 2.55 bits per heavy atom. The molecule has 1 aliphatic carbocycles. The summed E-state index contributed by atoms with van der Waals surface area (Å²) in [4.78, 5) is 1.58. The van der Waals surface area contributed by atoms with Gasteiger partial charge in [-0.2, -0.15) is 0 Å². The minimum absolute atomic E-state index is 0.485. The highest BCUT2D eigenvalue weighted by molar-refractivity contribution is 14.1. The first-order chi connectivity index (χ1) is 9.54. The average molecular weight is 397 g/mol. The number of thiophene rings is 1. The molecule has 1 N–H and O–H groups in total. The maximum Gasteiger partial charge on any atom is 0.0660 e. The number of fused-ring (bicyclic) bond motifs is 1. The van der Waals surface area contributed by atoms with Gasteiger partial charge in [0.05, 0.1) is 8.93 Å². The van der Waals surface area contributed by atoms with E-state index < -0.39 is 0 Å². The van der Waals surface area contributed by atoms with E-state index >= 15 is 0 Å². The monoisotopic (exact) mass is 397 g/mol. The van der Waals surface area contributed by atoms with Crippen molar-refractivity contribution in [2.24, 2.45) is 0 Å². The lowest BCUT2D eigenvalue weighted by Crippen LogP contribution is -2.17. The normalized spacial score (nSPS) is 17.9. The highest BCUT2D eigenvalue weighted by atomic mass is 127. The van der Waals surface area contributed by atoms with E-state index in [0.29, 0.717) is 6.04 Å². The molecule has 1 unspecified atom stereocenters. The van der Waals surface area contributed by atoms with Crippen molar-refractivity contribution in [3.05, 3.63) is 48.2 Å². The molecule has 1 heterocycles. The van der Waals surface area contributed by atoms with Crippen LogP contribution < -0.4 is 5.32 Å². The average Bonchev–Trinajstić information content (AvgIpc) is 2.74. The van der Waals surface area contributed by atoms with Gasteiger partial charge in [-0.15, -0.1) is 11.3 Å². The number of benzene rings is 1. The lowest BCUT2D eigenvalue weighted by molar-refractivity contribution is 0.608. The summed E-state index contributed by atoms with van der Waals surface area (Å²) in [5, 5.41) is 3.82. The summed E-state index contributed by atoms with van der Waals surface area (Å²) in [6.07, 6.45) is 3.80. The van der Waals surface area contributed by atoms with Crippen LogP contribution in [0.4, 0.5) is 5.69 Å². The number of hydrogen-bond acceptors (Lipinski definition) is 2. The molecule has 1 nitrogen and oxygen atoms in total. The zero-order chi connectivity index (χ0) is 14.3. The second-order valence-electron chi connectivity index (χ2n) is 5.79. The molecule has 0 bridgehead atoms. The lowest BCUT2D eigenvalue weighted by Gasteiger charge is -2.26. The minimum atomic E-state index is 0.485. The molecule has 0 saturated heterocycles. The molecule has 3 rings (SSSR count). The maximum absolute atomic E-state index is 3.82. The van der Waals surface area contributed by atoms with E-state index in [0.717, 1.165) is 0 Å². The van der Waals surface area contributed by atoms with E-state index in [4.69, 9.17) is 0 Å². The van der Waals surface area contributed by atoms with E-state index in [1.165, 1.54) is 50.1 Å². The van der Waals surface area contributed by atoms with Crippen LogP contribution in [0.2, 0.25) is 0 Å². The van der Waals surface area contributed by atoms with Crippen LogP contribution in [0.15, 0.2) is 18.2 Å². The van der Waals surface area contributed by atoms with Crippen molar-refractivity contribution in [3.63, 3.8) is 0 Å². The molecule has 0 spiro atoms. The van der Waals surface area contributed by atoms with Crippen molar-refractivity contribution in [1.29, 1.82) is 0 Å². The molecule has 0 fully saturated rings. The number of halogens is 1. The summed E-state index contributed by atoms with van der Waals surface area (Å²) in [5.74, 6) is 0. The molecule has 1 aliphatic rings. The molecule has 1 atom stereocenters. The van der Waals surface area contributed by atoms with Crippen LogP contribution in [0.5, 0.6) is 0 Å². The molecule has 3 heteroatoms. The molecular formula is C17H20INS. The highest BCUT2D eigenvalue weighted by Gasteiger charge is 2.23. The number of rotatable bonds is 2. The number of nitrogens with one attached hydrogen (secondary N) is 1. The van der Waals surface area contributed by atoms with Gasteiger partial charge in [0.2, 0.25) is 0 Å². The van der Waals surface area contributed by atoms with Gasteiger partial charge in [0.25, 0.3) is 0 Å². The molecule has 106 valence electrons. The first kappa shape index (κ1) is 14.4. The molecular weight excluding hydrogens is 377 g/mol. The summed E-state index contributed by atoms with van der Waals surface area (Å²) in [5.41, 5.74) is 6.93. The van der Waals surface area contributed by atoms with Crippen LogP contribution in [0.1, 0.15) is 46.0 Å². The van der Waals surface area contributed by atoms with E-state index in [2.05, 4.69) is 66.9 Å². The van der Waals surface area contributed by atoms with Gasteiger partial charge in [-0.3, -0.25) is 0 Å². The highest BCUT2D eigenvalue weighted by Crippen LogP contribution is 2.39. The number of aryl methyl sites for hydroxylation is 4. The van der Waals surface area contributed by atoms with Crippen molar-refractivity contribution in [2.75, 3.05) is 5.32 Å². The SMILES string of the molecule is Cc1cc(C)c(NC2CCCc3sc(I)cc32)c(C)c1. The van der Waals surface area contributed by atoms with Crippen LogP contribution in [0.3, 0.4) is 0 Å². The van der Waals surface area contributed by atoms with E-state index in [1.807, 2.05) is 11.3 Å². The zero-order valence-corrected chi connectivity index (χ0v) is 15.2. The van der Waals surface area contributed by atoms with Crippen LogP contribution in [-0.4, -0.2) is 0 Å². The van der Waals surface area contributed by atoms with Crippen LogP contribution in [0, 0.1) is 23.7 Å². The molecule has 0 amide bonds. The Morgan fingerprint density at radius 2 is 1.85 bits per heavy atom. The summed E-state index contributed by atoms with van der Waals surface area (Å²) in [6, 6.07) is 7.40. The van der Waals surface area contributed by atoms with Crippen LogP contribution >= 0.6 is 33.9 Å². The fourth-order valence-electron chi connectivity index (χ4n) is 3.25. The third-order valence-corrected chi connectivity index (χ3v) is 6.05.